The Morgan fingerprint density at radius 3 is 2.47 bits per heavy atom. The molecule has 0 saturated carbocycles. The molecule has 0 aromatic heterocycles. The summed E-state index contributed by atoms with van der Waals surface area (Å²) in [5.74, 6) is 0.481. The predicted molar refractivity (Wildman–Crippen MR) is 121 cm³/mol. The number of nitrogens with one attached hydrogen (secondary N) is 2. The maximum atomic E-state index is 12.7. The Hall–Kier alpha value is -3.24. The number of carbonyl (C=O) groups excluding carboxylic acids is 1. The molecule has 0 radical (unpaired) electrons. The van der Waals surface area contributed by atoms with Gasteiger partial charge < -0.3 is 20.4 Å². The second-order valence-electron chi connectivity index (χ2n) is 7.80. The van der Waals surface area contributed by atoms with Gasteiger partial charge in [-0.25, -0.2) is 4.79 Å². The van der Waals surface area contributed by atoms with Crippen molar-refractivity contribution < 1.29 is 4.79 Å². The van der Waals surface area contributed by atoms with Crippen LogP contribution in [-0.4, -0.2) is 47.0 Å². The molecule has 3 rings (SSSR count). The largest absolute Gasteiger partial charge is 0.333 e. The molecule has 1 aliphatic heterocycles. The lowest BCUT2D eigenvalue weighted by molar-refractivity contribution is 0.0938. The van der Waals surface area contributed by atoms with Crippen molar-refractivity contribution in [1.29, 1.82) is 5.26 Å². The third kappa shape index (κ3) is 5.02. The van der Waals surface area contributed by atoms with Crippen molar-refractivity contribution in [2.75, 3.05) is 30.3 Å². The van der Waals surface area contributed by atoms with Crippen LogP contribution < -0.4 is 10.6 Å². The number of urea groups is 1. The molecule has 0 aliphatic carbocycles. The molecule has 30 heavy (non-hydrogen) atoms. The van der Waals surface area contributed by atoms with E-state index in [0.717, 1.165) is 11.3 Å². The van der Waals surface area contributed by atoms with E-state index in [0.29, 0.717) is 36.3 Å². The van der Waals surface area contributed by atoms with Crippen LogP contribution in [0.15, 0.2) is 53.5 Å². The van der Waals surface area contributed by atoms with Crippen LogP contribution in [0.3, 0.4) is 0 Å². The number of benzene rings is 2. The zero-order chi connectivity index (χ0) is 21.7. The van der Waals surface area contributed by atoms with Crippen LogP contribution in [0.1, 0.15) is 19.4 Å². The minimum Gasteiger partial charge on any atom is -0.333 e. The van der Waals surface area contributed by atoms with E-state index in [1.54, 1.807) is 29.2 Å². The second kappa shape index (κ2) is 9.06. The molecule has 7 nitrogen and oxygen atoms in total. The number of aryl methyl sites for hydroxylation is 1. The monoisotopic (exact) mass is 424 g/mol. The van der Waals surface area contributed by atoms with E-state index in [4.69, 9.17) is 11.6 Å². The lowest BCUT2D eigenvalue weighted by Crippen LogP contribution is -2.63. The van der Waals surface area contributed by atoms with Gasteiger partial charge in [-0.3, -0.25) is 0 Å². The summed E-state index contributed by atoms with van der Waals surface area (Å²) in [7, 11) is 0. The van der Waals surface area contributed by atoms with Gasteiger partial charge in [0.2, 0.25) is 12.2 Å². The molecule has 1 fully saturated rings. The molecule has 0 unspecified atom stereocenters. The van der Waals surface area contributed by atoms with Gasteiger partial charge >= 0.3 is 6.03 Å². The maximum Gasteiger partial charge on any atom is 0.321 e. The van der Waals surface area contributed by atoms with E-state index in [9.17, 15) is 10.1 Å². The van der Waals surface area contributed by atoms with Gasteiger partial charge in [0.25, 0.3) is 0 Å². The number of halogens is 1. The molecule has 156 valence electrons. The first-order chi connectivity index (χ1) is 14.3. The van der Waals surface area contributed by atoms with Crippen molar-refractivity contribution in [2.45, 2.75) is 26.3 Å². The Labute approximate surface area is 182 Å². The molecule has 0 atom stereocenters. The first-order valence-corrected chi connectivity index (χ1v) is 10.1. The molecule has 2 N–H and O–H groups in total. The second-order valence-corrected chi connectivity index (χ2v) is 8.23. The first kappa shape index (κ1) is 21.5. The van der Waals surface area contributed by atoms with Crippen LogP contribution >= 0.6 is 11.6 Å². The summed E-state index contributed by atoms with van der Waals surface area (Å²) >= 11 is 5.90. The average Bonchev–Trinajstić information content (AvgIpc) is 2.70. The van der Waals surface area contributed by atoms with Crippen molar-refractivity contribution in [2.24, 2.45) is 4.99 Å². The lowest BCUT2D eigenvalue weighted by Gasteiger charge is -2.48. The maximum absolute atomic E-state index is 12.7. The molecule has 0 spiro atoms. The highest BCUT2D eigenvalue weighted by molar-refractivity contribution is 6.30. The number of guanidine groups is 1. The highest BCUT2D eigenvalue weighted by Crippen LogP contribution is 2.24. The lowest BCUT2D eigenvalue weighted by atomic mass is 9.99. The Morgan fingerprint density at radius 1 is 1.13 bits per heavy atom. The van der Waals surface area contributed by atoms with Crippen molar-refractivity contribution in [3.8, 4) is 6.19 Å². The van der Waals surface area contributed by atoms with Gasteiger partial charge in [-0.15, -0.1) is 4.99 Å². The molecule has 1 heterocycles. The van der Waals surface area contributed by atoms with Crippen LogP contribution in [0, 0.1) is 18.4 Å². The van der Waals surface area contributed by atoms with Gasteiger partial charge in [0, 0.05) is 36.0 Å². The SMILES string of the molecule is Cc1ccccc1N/C(=N/C#N)N1CCN(C(=O)Nc2ccc(Cl)cc2)CC1(C)C. The van der Waals surface area contributed by atoms with Crippen molar-refractivity contribution >= 4 is 35.0 Å². The number of aliphatic imine (C=N–C) groups is 1. The molecular weight excluding hydrogens is 400 g/mol. The molecule has 8 heteroatoms. The van der Waals surface area contributed by atoms with E-state index in [1.807, 2.05) is 56.1 Å². The Morgan fingerprint density at radius 2 is 1.83 bits per heavy atom. The van der Waals surface area contributed by atoms with Gasteiger partial charge in [-0.05, 0) is 56.7 Å². The minimum absolute atomic E-state index is 0.171. The van der Waals surface area contributed by atoms with Crippen LogP contribution in [-0.2, 0) is 0 Å². The Bertz CT molecular complexity index is 980. The predicted octanol–water partition coefficient (Wildman–Crippen LogP) is 4.53. The van der Waals surface area contributed by atoms with Crippen molar-refractivity contribution in [1.82, 2.24) is 9.80 Å². The van der Waals surface area contributed by atoms with E-state index >= 15 is 0 Å². The number of nitrogens with zero attached hydrogens (tertiary/aromatic N) is 4. The number of hydrogen-bond donors (Lipinski definition) is 2. The van der Waals surface area contributed by atoms with E-state index in [2.05, 4.69) is 15.6 Å². The number of anilines is 2. The van der Waals surface area contributed by atoms with Crippen LogP contribution in [0.5, 0.6) is 0 Å². The zero-order valence-corrected chi connectivity index (χ0v) is 18.1. The molecule has 2 aromatic carbocycles. The number of rotatable bonds is 2. The van der Waals surface area contributed by atoms with Gasteiger partial charge in [0.1, 0.15) is 0 Å². The third-order valence-corrected chi connectivity index (χ3v) is 5.34. The highest BCUT2D eigenvalue weighted by Gasteiger charge is 2.37. The van der Waals surface area contributed by atoms with Crippen LogP contribution in [0.25, 0.3) is 0 Å². The highest BCUT2D eigenvalue weighted by atomic mass is 35.5. The normalized spacial score (nSPS) is 16.0. The summed E-state index contributed by atoms with van der Waals surface area (Å²) in [5, 5.41) is 16.0. The molecule has 1 saturated heterocycles. The number of carbonyl (C=O) groups is 1. The molecule has 1 aliphatic rings. The van der Waals surface area contributed by atoms with Crippen molar-refractivity contribution in [3.63, 3.8) is 0 Å². The van der Waals surface area contributed by atoms with E-state index in [1.165, 1.54) is 0 Å². The van der Waals surface area contributed by atoms with Crippen LogP contribution in [0.2, 0.25) is 5.02 Å². The standard InChI is InChI=1S/C22H25ClN6O/c1-16-6-4-5-7-19(16)27-20(25-15-24)29-13-12-28(14-22(29,2)3)21(30)26-18-10-8-17(23)9-11-18/h4-11H,12-14H2,1-3H3,(H,25,27)(H,26,30). The topological polar surface area (TPSA) is 83.8 Å². The first-order valence-electron chi connectivity index (χ1n) is 9.69. The van der Waals surface area contributed by atoms with Gasteiger partial charge in [-0.2, -0.15) is 5.26 Å². The van der Waals surface area contributed by atoms with E-state index in [-0.39, 0.29) is 6.03 Å². The summed E-state index contributed by atoms with van der Waals surface area (Å²) in [6.07, 6.45) is 1.89. The van der Waals surface area contributed by atoms with Gasteiger partial charge in [-0.1, -0.05) is 29.8 Å². The fraction of sp³-hybridized carbons (Fsp3) is 0.318. The third-order valence-electron chi connectivity index (χ3n) is 5.09. The molecule has 2 aromatic rings. The summed E-state index contributed by atoms with van der Waals surface area (Å²) in [5.41, 5.74) is 2.21. The average molecular weight is 425 g/mol. The number of piperazine rings is 1. The molecule has 0 bridgehead atoms. The van der Waals surface area contributed by atoms with Crippen LogP contribution in [0.4, 0.5) is 16.2 Å². The summed E-state index contributed by atoms with van der Waals surface area (Å²) in [6.45, 7) is 7.58. The van der Waals surface area contributed by atoms with E-state index < -0.39 is 5.54 Å². The number of nitriles is 1. The van der Waals surface area contributed by atoms with Crippen molar-refractivity contribution in [3.05, 3.63) is 59.1 Å². The molecule has 2 amide bonds. The van der Waals surface area contributed by atoms with Gasteiger partial charge in [0.05, 0.1) is 5.54 Å². The van der Waals surface area contributed by atoms with Gasteiger partial charge in [0.15, 0.2) is 0 Å². The Balaban J connectivity index is 1.72. The quantitative estimate of drug-likeness (QED) is 0.421. The fourth-order valence-electron chi connectivity index (χ4n) is 3.49. The number of para-hydroxylation sites is 1. The summed E-state index contributed by atoms with van der Waals surface area (Å²) in [6, 6.07) is 14.7. The number of amides is 2. The summed E-state index contributed by atoms with van der Waals surface area (Å²) in [4.78, 5) is 20.6. The smallest absolute Gasteiger partial charge is 0.321 e. The minimum atomic E-state index is -0.430. The summed E-state index contributed by atoms with van der Waals surface area (Å²) < 4.78 is 0. The zero-order valence-electron chi connectivity index (χ0n) is 17.3. The Kier molecular flexibility index (Phi) is 6.48. The fourth-order valence-corrected chi connectivity index (χ4v) is 3.62. The molecular formula is C22H25ClN6O. The number of hydrogen-bond acceptors (Lipinski definition) is 3.